The fraction of sp³-hybridized carbons (Fsp3) is 0.167. The Morgan fingerprint density at radius 3 is 2.65 bits per heavy atom. The second-order valence-corrected chi connectivity index (χ2v) is 7.11. The molecule has 0 amide bonds. The number of thiazole rings is 1. The van der Waals surface area contributed by atoms with Gasteiger partial charge in [-0.3, -0.25) is 0 Å². The second kappa shape index (κ2) is 7.93. The van der Waals surface area contributed by atoms with Crippen molar-refractivity contribution in [1.29, 1.82) is 0 Å². The minimum atomic E-state index is 0.669. The SMILES string of the molecule is Clc1ccc(CCNCc2ncc(-c3ccccc3)s2)c(Cl)c1. The Kier molecular flexibility index (Phi) is 5.68. The van der Waals surface area contributed by atoms with Crippen LogP contribution in [0.1, 0.15) is 10.6 Å². The van der Waals surface area contributed by atoms with Crippen LogP contribution in [-0.4, -0.2) is 11.5 Å². The number of aromatic nitrogens is 1. The van der Waals surface area contributed by atoms with Gasteiger partial charge in [-0.25, -0.2) is 4.98 Å². The standard InChI is InChI=1S/C18H16Cl2N2S/c19-15-7-6-13(16(20)10-15)8-9-21-12-18-22-11-17(23-18)14-4-2-1-3-5-14/h1-7,10-11,21H,8-9,12H2. The predicted molar refractivity (Wildman–Crippen MR) is 99.4 cm³/mol. The lowest BCUT2D eigenvalue weighted by Gasteiger charge is -2.05. The normalized spacial score (nSPS) is 10.9. The fourth-order valence-corrected chi connectivity index (χ4v) is 3.67. The molecule has 5 heteroatoms. The van der Waals surface area contributed by atoms with Crippen molar-refractivity contribution in [2.24, 2.45) is 0 Å². The molecule has 0 radical (unpaired) electrons. The fourth-order valence-electron chi connectivity index (χ4n) is 2.27. The zero-order valence-corrected chi connectivity index (χ0v) is 14.8. The number of nitrogens with one attached hydrogen (secondary N) is 1. The van der Waals surface area contributed by atoms with Gasteiger partial charge in [0.05, 0.1) is 4.88 Å². The van der Waals surface area contributed by atoms with Gasteiger partial charge >= 0.3 is 0 Å². The van der Waals surface area contributed by atoms with Gasteiger partial charge in [0, 0.05) is 22.8 Å². The summed E-state index contributed by atoms with van der Waals surface area (Å²) < 4.78 is 0. The molecule has 118 valence electrons. The van der Waals surface area contributed by atoms with E-state index < -0.39 is 0 Å². The van der Waals surface area contributed by atoms with Gasteiger partial charge in [-0.05, 0) is 36.2 Å². The van der Waals surface area contributed by atoms with Crippen molar-refractivity contribution in [3.8, 4) is 10.4 Å². The van der Waals surface area contributed by atoms with Crippen molar-refractivity contribution >= 4 is 34.5 Å². The summed E-state index contributed by atoms with van der Waals surface area (Å²) in [5, 5.41) is 5.89. The van der Waals surface area contributed by atoms with Crippen molar-refractivity contribution in [1.82, 2.24) is 10.3 Å². The van der Waals surface area contributed by atoms with E-state index in [0.29, 0.717) is 5.02 Å². The summed E-state index contributed by atoms with van der Waals surface area (Å²) in [4.78, 5) is 5.68. The molecule has 3 rings (SSSR count). The van der Waals surface area contributed by atoms with Crippen molar-refractivity contribution in [2.45, 2.75) is 13.0 Å². The molecule has 0 spiro atoms. The Morgan fingerprint density at radius 2 is 1.87 bits per heavy atom. The highest BCUT2D eigenvalue weighted by molar-refractivity contribution is 7.15. The molecule has 1 N–H and O–H groups in total. The van der Waals surface area contributed by atoms with Gasteiger partial charge in [-0.15, -0.1) is 11.3 Å². The average molecular weight is 363 g/mol. The van der Waals surface area contributed by atoms with Crippen LogP contribution in [0, 0.1) is 0 Å². The largest absolute Gasteiger partial charge is 0.310 e. The van der Waals surface area contributed by atoms with E-state index in [1.165, 1.54) is 10.4 Å². The molecule has 0 saturated heterocycles. The van der Waals surface area contributed by atoms with Gasteiger partial charge in [0.1, 0.15) is 5.01 Å². The van der Waals surface area contributed by atoms with E-state index in [9.17, 15) is 0 Å². The first-order valence-corrected chi connectivity index (χ1v) is 8.94. The summed E-state index contributed by atoms with van der Waals surface area (Å²) in [6, 6.07) is 15.9. The van der Waals surface area contributed by atoms with Crippen LogP contribution in [-0.2, 0) is 13.0 Å². The summed E-state index contributed by atoms with van der Waals surface area (Å²) in [6.45, 7) is 1.62. The van der Waals surface area contributed by atoms with E-state index >= 15 is 0 Å². The number of halogens is 2. The van der Waals surface area contributed by atoms with Crippen LogP contribution in [0.5, 0.6) is 0 Å². The van der Waals surface area contributed by atoms with Gasteiger partial charge in [0.2, 0.25) is 0 Å². The third-order valence-electron chi connectivity index (χ3n) is 3.47. The van der Waals surface area contributed by atoms with Gasteiger partial charge in [-0.1, -0.05) is 59.6 Å². The summed E-state index contributed by atoms with van der Waals surface area (Å²) in [7, 11) is 0. The molecular formula is C18H16Cl2N2S. The topological polar surface area (TPSA) is 24.9 Å². The number of benzene rings is 2. The van der Waals surface area contributed by atoms with Crippen LogP contribution in [0.15, 0.2) is 54.7 Å². The molecule has 0 aliphatic rings. The van der Waals surface area contributed by atoms with Crippen molar-refractivity contribution in [3.63, 3.8) is 0 Å². The van der Waals surface area contributed by atoms with Crippen LogP contribution in [0.4, 0.5) is 0 Å². The van der Waals surface area contributed by atoms with Gasteiger partial charge < -0.3 is 5.32 Å². The monoisotopic (exact) mass is 362 g/mol. The smallest absolute Gasteiger partial charge is 0.107 e. The summed E-state index contributed by atoms with van der Waals surface area (Å²) in [6.07, 6.45) is 2.81. The molecule has 2 aromatic carbocycles. The lowest BCUT2D eigenvalue weighted by atomic mass is 10.1. The van der Waals surface area contributed by atoms with Crippen molar-refractivity contribution in [2.75, 3.05) is 6.54 Å². The third kappa shape index (κ3) is 4.55. The molecule has 0 aliphatic carbocycles. The molecule has 3 aromatic rings. The van der Waals surface area contributed by atoms with Crippen LogP contribution < -0.4 is 5.32 Å². The number of rotatable bonds is 6. The Balaban J connectivity index is 1.50. The lowest BCUT2D eigenvalue weighted by molar-refractivity contribution is 0.684. The van der Waals surface area contributed by atoms with E-state index in [1.54, 1.807) is 17.4 Å². The average Bonchev–Trinajstić information content (AvgIpc) is 3.03. The first-order chi connectivity index (χ1) is 11.2. The van der Waals surface area contributed by atoms with Gasteiger partial charge in [0.15, 0.2) is 0 Å². The highest BCUT2D eigenvalue weighted by Crippen LogP contribution is 2.25. The maximum atomic E-state index is 6.17. The molecule has 2 nitrogen and oxygen atoms in total. The Hall–Kier alpha value is -1.39. The Labute approximate surface area is 150 Å². The molecule has 0 bridgehead atoms. The number of hydrogen-bond donors (Lipinski definition) is 1. The minimum Gasteiger partial charge on any atom is -0.310 e. The zero-order chi connectivity index (χ0) is 16.1. The predicted octanol–water partition coefficient (Wildman–Crippen LogP) is 5.45. The number of nitrogens with zero attached hydrogens (tertiary/aromatic N) is 1. The van der Waals surface area contributed by atoms with Crippen LogP contribution >= 0.6 is 34.5 Å². The van der Waals surface area contributed by atoms with Crippen LogP contribution in [0.3, 0.4) is 0 Å². The molecule has 23 heavy (non-hydrogen) atoms. The molecule has 0 aliphatic heterocycles. The van der Waals surface area contributed by atoms with Gasteiger partial charge in [-0.2, -0.15) is 0 Å². The van der Waals surface area contributed by atoms with E-state index in [-0.39, 0.29) is 0 Å². The molecule has 1 aromatic heterocycles. The highest BCUT2D eigenvalue weighted by atomic mass is 35.5. The third-order valence-corrected chi connectivity index (χ3v) is 5.11. The molecular weight excluding hydrogens is 347 g/mol. The first-order valence-electron chi connectivity index (χ1n) is 7.37. The highest BCUT2D eigenvalue weighted by Gasteiger charge is 2.05. The summed E-state index contributed by atoms with van der Waals surface area (Å²) in [5.74, 6) is 0. The van der Waals surface area contributed by atoms with Crippen molar-refractivity contribution < 1.29 is 0 Å². The molecule has 0 unspecified atom stereocenters. The maximum Gasteiger partial charge on any atom is 0.107 e. The quantitative estimate of drug-likeness (QED) is 0.589. The molecule has 0 fully saturated rings. The molecule has 0 saturated carbocycles. The van der Waals surface area contributed by atoms with E-state index in [4.69, 9.17) is 23.2 Å². The number of hydrogen-bond acceptors (Lipinski definition) is 3. The minimum absolute atomic E-state index is 0.669. The Bertz CT molecular complexity index is 772. The van der Waals surface area contributed by atoms with Crippen LogP contribution in [0.25, 0.3) is 10.4 Å². The molecule has 0 atom stereocenters. The molecule has 1 heterocycles. The van der Waals surface area contributed by atoms with E-state index in [2.05, 4.69) is 22.4 Å². The van der Waals surface area contributed by atoms with Gasteiger partial charge in [0.25, 0.3) is 0 Å². The Morgan fingerprint density at radius 1 is 1.04 bits per heavy atom. The maximum absolute atomic E-state index is 6.17. The van der Waals surface area contributed by atoms with Crippen LogP contribution in [0.2, 0.25) is 10.0 Å². The lowest BCUT2D eigenvalue weighted by Crippen LogP contribution is -2.16. The second-order valence-electron chi connectivity index (χ2n) is 5.15. The van der Waals surface area contributed by atoms with Crippen molar-refractivity contribution in [3.05, 3.63) is 75.3 Å². The van der Waals surface area contributed by atoms with E-state index in [0.717, 1.165) is 35.1 Å². The summed E-state index contributed by atoms with van der Waals surface area (Å²) in [5.41, 5.74) is 2.32. The summed E-state index contributed by atoms with van der Waals surface area (Å²) >= 11 is 13.8. The van der Waals surface area contributed by atoms with E-state index in [1.807, 2.05) is 36.5 Å². The zero-order valence-electron chi connectivity index (χ0n) is 12.4. The first kappa shape index (κ1) is 16.5.